The maximum atomic E-state index is 14.0. The van der Waals surface area contributed by atoms with Gasteiger partial charge in [0.25, 0.3) is 0 Å². The lowest BCUT2D eigenvalue weighted by molar-refractivity contribution is 0.612. The summed E-state index contributed by atoms with van der Waals surface area (Å²) in [6.45, 7) is 12.0. The molecule has 0 unspecified atom stereocenters. The fraction of sp³-hybridized carbons (Fsp3) is 0.280. The average molecular weight is 446 g/mol. The van der Waals surface area contributed by atoms with Gasteiger partial charge in [-0.3, -0.25) is 4.99 Å². The van der Waals surface area contributed by atoms with Crippen molar-refractivity contribution >= 4 is 40.2 Å². The van der Waals surface area contributed by atoms with Crippen molar-refractivity contribution in [3.8, 4) is 0 Å². The van der Waals surface area contributed by atoms with Crippen LogP contribution in [0.2, 0.25) is 0 Å². The van der Waals surface area contributed by atoms with Crippen LogP contribution in [0.3, 0.4) is 0 Å². The molecule has 0 spiro atoms. The number of nitrogens with zero attached hydrogens (tertiary/aromatic N) is 5. The van der Waals surface area contributed by atoms with Crippen molar-refractivity contribution in [3.63, 3.8) is 0 Å². The zero-order chi connectivity index (χ0) is 23.5. The molecule has 7 nitrogen and oxygen atoms in total. The molecule has 0 aliphatic heterocycles. The molecule has 0 aliphatic carbocycles. The summed E-state index contributed by atoms with van der Waals surface area (Å²) in [4.78, 5) is 20.8. The third-order valence-electron chi connectivity index (χ3n) is 5.59. The standard InChI is InChI=1S/C25H28FN7/c1-15(2)33-14-29-22-24(31-23(32-25(22)33)16(3)12-18(26)13-27-5)28-11-10-19-17(4)30-21-9-7-6-8-20(19)21/h6-9,12-15,30H,5,10-11H2,1-4H3,(H,28,31,32)/b16-12+,18-13+. The highest BCUT2D eigenvalue weighted by Gasteiger charge is 2.16. The molecule has 0 saturated heterocycles. The lowest BCUT2D eigenvalue weighted by atomic mass is 10.1. The molecule has 0 bridgehead atoms. The highest BCUT2D eigenvalue weighted by Crippen LogP contribution is 2.26. The van der Waals surface area contributed by atoms with Crippen molar-refractivity contribution in [1.82, 2.24) is 24.5 Å². The molecule has 8 heteroatoms. The summed E-state index contributed by atoms with van der Waals surface area (Å²) in [6, 6.07) is 8.47. The number of benzene rings is 1. The Kier molecular flexibility index (Phi) is 6.35. The number of para-hydroxylation sites is 1. The monoisotopic (exact) mass is 445 g/mol. The number of aromatic amines is 1. The van der Waals surface area contributed by atoms with Crippen LogP contribution < -0.4 is 5.32 Å². The van der Waals surface area contributed by atoms with Crippen molar-refractivity contribution < 1.29 is 4.39 Å². The lowest BCUT2D eigenvalue weighted by Gasteiger charge is -2.11. The Hall–Kier alpha value is -3.81. The third-order valence-corrected chi connectivity index (χ3v) is 5.59. The average Bonchev–Trinajstić information content (AvgIpc) is 3.35. The molecule has 4 aromatic rings. The van der Waals surface area contributed by atoms with E-state index in [9.17, 15) is 4.39 Å². The van der Waals surface area contributed by atoms with Crippen LogP contribution in [0.5, 0.6) is 0 Å². The Labute approximate surface area is 192 Å². The predicted molar refractivity (Wildman–Crippen MR) is 133 cm³/mol. The first-order chi connectivity index (χ1) is 15.9. The second kappa shape index (κ2) is 9.36. The van der Waals surface area contributed by atoms with Gasteiger partial charge in [-0.05, 0) is 64.1 Å². The fourth-order valence-corrected chi connectivity index (χ4v) is 3.95. The van der Waals surface area contributed by atoms with E-state index in [2.05, 4.69) is 75.9 Å². The van der Waals surface area contributed by atoms with Gasteiger partial charge in [0.05, 0.1) is 12.5 Å². The van der Waals surface area contributed by atoms with E-state index in [1.807, 2.05) is 10.6 Å². The Morgan fingerprint density at radius 1 is 1.30 bits per heavy atom. The molecule has 170 valence electrons. The van der Waals surface area contributed by atoms with Gasteiger partial charge in [0.2, 0.25) is 0 Å². The van der Waals surface area contributed by atoms with Gasteiger partial charge >= 0.3 is 0 Å². The summed E-state index contributed by atoms with van der Waals surface area (Å²) in [6.07, 6.45) is 5.00. The van der Waals surface area contributed by atoms with Crippen LogP contribution in [0.4, 0.5) is 10.2 Å². The zero-order valence-corrected chi connectivity index (χ0v) is 19.4. The minimum atomic E-state index is -0.507. The number of hydrogen-bond acceptors (Lipinski definition) is 5. The van der Waals surface area contributed by atoms with E-state index in [1.165, 1.54) is 17.0 Å². The first-order valence-electron chi connectivity index (χ1n) is 10.9. The van der Waals surface area contributed by atoms with Crippen LogP contribution in [-0.2, 0) is 6.42 Å². The summed E-state index contributed by atoms with van der Waals surface area (Å²) in [7, 11) is 0. The van der Waals surface area contributed by atoms with E-state index < -0.39 is 5.83 Å². The molecular weight excluding hydrogens is 417 g/mol. The Balaban J connectivity index is 1.67. The van der Waals surface area contributed by atoms with Gasteiger partial charge in [0, 0.05) is 29.2 Å². The van der Waals surface area contributed by atoms with Gasteiger partial charge in [0.1, 0.15) is 11.3 Å². The first kappa shape index (κ1) is 22.4. The molecule has 0 saturated carbocycles. The summed E-state index contributed by atoms with van der Waals surface area (Å²) >= 11 is 0. The van der Waals surface area contributed by atoms with Crippen molar-refractivity contribution in [2.75, 3.05) is 11.9 Å². The van der Waals surface area contributed by atoms with E-state index in [-0.39, 0.29) is 6.04 Å². The highest BCUT2D eigenvalue weighted by molar-refractivity contribution is 5.86. The Morgan fingerprint density at radius 3 is 2.85 bits per heavy atom. The van der Waals surface area contributed by atoms with Gasteiger partial charge in [-0.2, -0.15) is 0 Å². The molecule has 3 aromatic heterocycles. The van der Waals surface area contributed by atoms with Crippen molar-refractivity contribution in [2.24, 2.45) is 4.99 Å². The SMILES string of the molecule is C=N/C=C(F)\C=C(/C)c1nc(NCCc2c(C)[nH]c3ccccc23)c2ncn(C(C)C)c2n1. The molecule has 2 N–H and O–H groups in total. The van der Waals surface area contributed by atoms with Crippen LogP contribution >= 0.6 is 0 Å². The minimum absolute atomic E-state index is 0.172. The van der Waals surface area contributed by atoms with Crippen molar-refractivity contribution in [2.45, 2.75) is 40.2 Å². The number of hydrogen-bond donors (Lipinski definition) is 2. The number of aliphatic imine (C=N–C) groups is 1. The number of H-pyrrole nitrogens is 1. The number of aryl methyl sites for hydroxylation is 1. The minimum Gasteiger partial charge on any atom is -0.368 e. The van der Waals surface area contributed by atoms with Crippen LogP contribution in [0.1, 0.15) is 43.9 Å². The summed E-state index contributed by atoms with van der Waals surface area (Å²) in [5.41, 5.74) is 5.56. The van der Waals surface area contributed by atoms with Crippen LogP contribution in [0.15, 0.2) is 53.7 Å². The number of aromatic nitrogens is 5. The molecule has 4 rings (SSSR count). The van der Waals surface area contributed by atoms with Gasteiger partial charge in [-0.15, -0.1) is 0 Å². The second-order valence-electron chi connectivity index (χ2n) is 8.29. The first-order valence-corrected chi connectivity index (χ1v) is 10.9. The summed E-state index contributed by atoms with van der Waals surface area (Å²) in [5, 5.41) is 4.67. The van der Waals surface area contributed by atoms with Crippen molar-refractivity contribution in [3.05, 3.63) is 65.8 Å². The number of imidazole rings is 1. The molecule has 0 amide bonds. The number of rotatable bonds is 8. The molecule has 0 radical (unpaired) electrons. The third kappa shape index (κ3) is 4.55. The smallest absolute Gasteiger partial charge is 0.166 e. The second-order valence-corrected chi connectivity index (χ2v) is 8.29. The number of halogens is 1. The van der Waals surface area contributed by atoms with Crippen LogP contribution in [0.25, 0.3) is 27.6 Å². The molecule has 33 heavy (non-hydrogen) atoms. The predicted octanol–water partition coefficient (Wildman–Crippen LogP) is 5.77. The molecule has 3 heterocycles. The number of anilines is 1. The van der Waals surface area contributed by atoms with E-state index in [4.69, 9.17) is 0 Å². The van der Waals surface area contributed by atoms with E-state index in [0.717, 1.165) is 23.8 Å². The number of allylic oxidation sites excluding steroid dienone is 3. The van der Waals surface area contributed by atoms with E-state index in [0.29, 0.717) is 34.9 Å². The maximum Gasteiger partial charge on any atom is 0.166 e. The molecule has 0 aliphatic rings. The van der Waals surface area contributed by atoms with Crippen LogP contribution in [0, 0.1) is 6.92 Å². The van der Waals surface area contributed by atoms with E-state index >= 15 is 0 Å². The maximum absolute atomic E-state index is 14.0. The Bertz CT molecular complexity index is 1370. The van der Waals surface area contributed by atoms with Crippen LogP contribution in [-0.4, -0.2) is 37.8 Å². The topological polar surface area (TPSA) is 83.8 Å². The van der Waals surface area contributed by atoms with Gasteiger partial charge in [-0.25, -0.2) is 19.3 Å². The molecule has 0 atom stereocenters. The molecular formula is C25H28FN7. The molecule has 0 fully saturated rings. The highest BCUT2D eigenvalue weighted by atomic mass is 19.1. The number of nitrogens with one attached hydrogen (secondary N) is 2. The molecule has 1 aromatic carbocycles. The Morgan fingerprint density at radius 2 is 2.09 bits per heavy atom. The quantitative estimate of drug-likeness (QED) is 0.266. The van der Waals surface area contributed by atoms with E-state index in [1.54, 1.807) is 13.3 Å². The lowest BCUT2D eigenvalue weighted by Crippen LogP contribution is -2.10. The van der Waals surface area contributed by atoms with Gasteiger partial charge in [-0.1, -0.05) is 18.2 Å². The van der Waals surface area contributed by atoms with Crippen molar-refractivity contribution in [1.29, 1.82) is 0 Å². The number of fused-ring (bicyclic) bond motifs is 2. The van der Waals surface area contributed by atoms with Gasteiger partial charge < -0.3 is 14.9 Å². The normalized spacial score (nSPS) is 12.8. The fourth-order valence-electron chi connectivity index (χ4n) is 3.95. The largest absolute Gasteiger partial charge is 0.368 e. The zero-order valence-electron chi connectivity index (χ0n) is 19.4. The van der Waals surface area contributed by atoms with Gasteiger partial charge in [0.15, 0.2) is 17.3 Å². The summed E-state index contributed by atoms with van der Waals surface area (Å²) in [5.74, 6) is 0.557. The summed E-state index contributed by atoms with van der Waals surface area (Å²) < 4.78 is 16.0.